The maximum absolute atomic E-state index is 10.7. The van der Waals surface area contributed by atoms with Crippen molar-refractivity contribution in [1.29, 1.82) is 0 Å². The van der Waals surface area contributed by atoms with Gasteiger partial charge in [-0.15, -0.1) is 0 Å². The van der Waals surface area contributed by atoms with Gasteiger partial charge in [0.05, 0.1) is 6.54 Å². The maximum atomic E-state index is 10.7. The summed E-state index contributed by atoms with van der Waals surface area (Å²) in [6, 6.07) is 7.13. The fourth-order valence-electron chi connectivity index (χ4n) is 1.61. The van der Waals surface area contributed by atoms with Gasteiger partial charge in [0.1, 0.15) is 5.76 Å². The molecule has 0 saturated heterocycles. The molecule has 0 bridgehead atoms. The van der Waals surface area contributed by atoms with Crippen LogP contribution >= 0.6 is 0 Å². The number of nitrogens with zero attached hydrogens (tertiary/aromatic N) is 1. The average Bonchev–Trinajstić information content (AvgIpc) is 2.86. The molecular weight excluding hydrogens is 232 g/mol. The van der Waals surface area contributed by atoms with Crippen LogP contribution in [0.15, 0.2) is 41.1 Å². The van der Waals surface area contributed by atoms with Gasteiger partial charge >= 0.3 is 5.97 Å². The number of furan rings is 1. The van der Waals surface area contributed by atoms with Crippen LogP contribution in [0.25, 0.3) is 0 Å². The van der Waals surface area contributed by atoms with E-state index in [9.17, 15) is 4.79 Å². The summed E-state index contributed by atoms with van der Waals surface area (Å²) in [7, 11) is 0. The molecule has 0 aliphatic rings. The molecule has 0 fully saturated rings. The van der Waals surface area contributed by atoms with Crippen molar-refractivity contribution in [2.75, 3.05) is 0 Å². The third kappa shape index (κ3) is 2.95. The predicted octanol–water partition coefficient (Wildman–Crippen LogP) is 2.22. The molecule has 0 amide bonds. The van der Waals surface area contributed by atoms with Crippen LogP contribution < -0.4 is 5.32 Å². The highest BCUT2D eigenvalue weighted by atomic mass is 16.4. The average molecular weight is 246 g/mol. The van der Waals surface area contributed by atoms with Crippen molar-refractivity contribution in [3.05, 3.63) is 53.7 Å². The van der Waals surface area contributed by atoms with Gasteiger partial charge in [-0.2, -0.15) is 0 Å². The topological polar surface area (TPSA) is 75.4 Å². The van der Waals surface area contributed by atoms with Crippen LogP contribution in [0.5, 0.6) is 0 Å². The minimum atomic E-state index is -1.05. The van der Waals surface area contributed by atoms with Gasteiger partial charge in [0.15, 0.2) is 0 Å². The Kier molecular flexibility index (Phi) is 3.74. The first-order valence-corrected chi connectivity index (χ1v) is 5.62. The van der Waals surface area contributed by atoms with E-state index in [-0.39, 0.29) is 11.8 Å². The predicted molar refractivity (Wildman–Crippen MR) is 65.2 cm³/mol. The van der Waals surface area contributed by atoms with E-state index in [0.29, 0.717) is 12.3 Å². The van der Waals surface area contributed by atoms with E-state index < -0.39 is 5.97 Å². The number of rotatable bonds is 5. The first-order valence-electron chi connectivity index (χ1n) is 5.62. The summed E-state index contributed by atoms with van der Waals surface area (Å²) in [5, 5.41) is 12.0. The lowest BCUT2D eigenvalue weighted by Gasteiger charge is -2.12. The van der Waals surface area contributed by atoms with Crippen molar-refractivity contribution in [2.24, 2.45) is 0 Å². The molecule has 94 valence electrons. The second-order valence-corrected chi connectivity index (χ2v) is 3.95. The number of pyridine rings is 1. The first kappa shape index (κ1) is 12.3. The summed E-state index contributed by atoms with van der Waals surface area (Å²) in [4.78, 5) is 14.6. The number of carboxylic acids is 1. The Morgan fingerprint density at radius 3 is 2.72 bits per heavy atom. The number of aromatic nitrogens is 1. The van der Waals surface area contributed by atoms with Crippen LogP contribution in [0.3, 0.4) is 0 Å². The quantitative estimate of drug-likeness (QED) is 0.846. The van der Waals surface area contributed by atoms with Crippen molar-refractivity contribution in [2.45, 2.75) is 19.5 Å². The Bertz CT molecular complexity index is 522. The number of carboxylic acid groups (broad SMARTS) is 1. The molecule has 0 aliphatic heterocycles. The van der Waals surface area contributed by atoms with Crippen LogP contribution in [-0.4, -0.2) is 16.1 Å². The summed E-state index contributed by atoms with van der Waals surface area (Å²) in [6.07, 6.45) is 3.48. The van der Waals surface area contributed by atoms with Crippen LogP contribution in [0.1, 0.15) is 34.8 Å². The number of hydrogen-bond acceptors (Lipinski definition) is 4. The molecule has 0 unspecified atom stereocenters. The fourth-order valence-corrected chi connectivity index (χ4v) is 1.61. The molecule has 0 saturated carbocycles. The van der Waals surface area contributed by atoms with Gasteiger partial charge in [-0.3, -0.25) is 4.98 Å². The van der Waals surface area contributed by atoms with Gasteiger partial charge in [-0.1, -0.05) is 0 Å². The van der Waals surface area contributed by atoms with Crippen LogP contribution in [0.2, 0.25) is 0 Å². The molecule has 0 radical (unpaired) electrons. The van der Waals surface area contributed by atoms with Gasteiger partial charge in [0.25, 0.3) is 0 Å². The van der Waals surface area contributed by atoms with Crippen LogP contribution in [0.4, 0.5) is 0 Å². The third-order valence-electron chi connectivity index (χ3n) is 2.66. The van der Waals surface area contributed by atoms with E-state index in [1.165, 1.54) is 6.07 Å². The van der Waals surface area contributed by atoms with E-state index in [1.54, 1.807) is 18.5 Å². The molecule has 18 heavy (non-hydrogen) atoms. The van der Waals surface area contributed by atoms with Crippen molar-refractivity contribution in [1.82, 2.24) is 10.3 Å². The summed E-state index contributed by atoms with van der Waals surface area (Å²) in [6.45, 7) is 2.51. The van der Waals surface area contributed by atoms with E-state index >= 15 is 0 Å². The summed E-state index contributed by atoms with van der Waals surface area (Å²) in [5.74, 6) is -0.486. The largest absolute Gasteiger partial charge is 0.475 e. The molecule has 5 nitrogen and oxygen atoms in total. The molecular formula is C13H14N2O3. The van der Waals surface area contributed by atoms with Gasteiger partial charge < -0.3 is 14.8 Å². The number of carbonyl (C=O) groups is 1. The fraction of sp³-hybridized carbons (Fsp3) is 0.231. The SMILES string of the molecule is C[C@@H](NCc1ccc(C(=O)O)o1)c1ccncc1. The van der Waals surface area contributed by atoms with E-state index in [0.717, 1.165) is 5.56 Å². The Labute approximate surface area is 104 Å². The summed E-state index contributed by atoms with van der Waals surface area (Å²) < 4.78 is 5.16. The third-order valence-corrected chi connectivity index (χ3v) is 2.66. The maximum Gasteiger partial charge on any atom is 0.371 e. The second kappa shape index (κ2) is 5.46. The molecule has 1 atom stereocenters. The van der Waals surface area contributed by atoms with Crippen molar-refractivity contribution in [3.63, 3.8) is 0 Å². The smallest absolute Gasteiger partial charge is 0.371 e. The first-order chi connectivity index (χ1) is 8.66. The Hall–Kier alpha value is -2.14. The molecule has 2 heterocycles. The normalized spacial score (nSPS) is 12.3. The lowest BCUT2D eigenvalue weighted by molar-refractivity contribution is 0.0660. The number of nitrogens with one attached hydrogen (secondary N) is 1. The number of aromatic carboxylic acids is 1. The molecule has 0 aliphatic carbocycles. The zero-order valence-corrected chi connectivity index (χ0v) is 9.96. The van der Waals surface area contributed by atoms with Gasteiger partial charge in [0, 0.05) is 18.4 Å². The van der Waals surface area contributed by atoms with Crippen LogP contribution in [-0.2, 0) is 6.54 Å². The highest BCUT2D eigenvalue weighted by Gasteiger charge is 2.10. The Morgan fingerprint density at radius 2 is 2.11 bits per heavy atom. The van der Waals surface area contributed by atoms with Crippen molar-refractivity contribution >= 4 is 5.97 Å². The van der Waals surface area contributed by atoms with Crippen molar-refractivity contribution < 1.29 is 14.3 Å². The lowest BCUT2D eigenvalue weighted by Crippen LogP contribution is -2.17. The van der Waals surface area contributed by atoms with Gasteiger partial charge in [-0.05, 0) is 36.8 Å². The molecule has 2 N–H and O–H groups in total. The minimum absolute atomic E-state index is 0.0386. The molecule has 2 aromatic rings. The Balaban J connectivity index is 1.93. The zero-order chi connectivity index (χ0) is 13.0. The van der Waals surface area contributed by atoms with Gasteiger partial charge in [-0.25, -0.2) is 4.79 Å². The molecule has 5 heteroatoms. The molecule has 0 spiro atoms. The monoisotopic (exact) mass is 246 g/mol. The van der Waals surface area contributed by atoms with E-state index in [2.05, 4.69) is 10.3 Å². The Morgan fingerprint density at radius 1 is 1.39 bits per heavy atom. The molecule has 2 rings (SSSR count). The second-order valence-electron chi connectivity index (χ2n) is 3.95. The lowest BCUT2D eigenvalue weighted by atomic mass is 10.1. The van der Waals surface area contributed by atoms with E-state index in [4.69, 9.17) is 9.52 Å². The van der Waals surface area contributed by atoms with Crippen molar-refractivity contribution in [3.8, 4) is 0 Å². The standard InChI is InChI=1S/C13H14N2O3/c1-9(10-4-6-14-7-5-10)15-8-11-2-3-12(18-11)13(16)17/h2-7,9,15H,8H2,1H3,(H,16,17)/t9-/m1/s1. The molecule has 0 aromatic carbocycles. The zero-order valence-electron chi connectivity index (χ0n) is 9.96. The highest BCUT2D eigenvalue weighted by molar-refractivity contribution is 5.84. The minimum Gasteiger partial charge on any atom is -0.475 e. The highest BCUT2D eigenvalue weighted by Crippen LogP contribution is 2.13. The van der Waals surface area contributed by atoms with Crippen LogP contribution in [0, 0.1) is 0 Å². The molecule has 2 aromatic heterocycles. The van der Waals surface area contributed by atoms with E-state index in [1.807, 2.05) is 19.1 Å². The number of hydrogen-bond donors (Lipinski definition) is 2. The summed E-state index contributed by atoms with van der Waals surface area (Å²) in [5.41, 5.74) is 1.12. The summed E-state index contributed by atoms with van der Waals surface area (Å²) >= 11 is 0. The van der Waals surface area contributed by atoms with Gasteiger partial charge in [0.2, 0.25) is 5.76 Å².